The summed E-state index contributed by atoms with van der Waals surface area (Å²) >= 11 is 4.62. The topological polar surface area (TPSA) is 3.24 Å². The Morgan fingerprint density at radius 1 is 0.750 bits per heavy atom. The molecule has 3 rings (SSSR count). The largest absolute Gasteiger partial charge is 0.287 e. The fourth-order valence-electron chi connectivity index (χ4n) is 2.26. The molecule has 0 saturated carbocycles. The van der Waals surface area contributed by atoms with Gasteiger partial charge in [-0.2, -0.15) is 0 Å². The number of hydrogen-bond donors (Lipinski definition) is 1. The zero-order chi connectivity index (χ0) is 11.0. The molecule has 0 saturated heterocycles. The lowest BCUT2D eigenvalue weighted by Gasteiger charge is -2.19. The zero-order valence-corrected chi connectivity index (χ0v) is 9.82. The third-order valence-corrected chi connectivity index (χ3v) is 3.53. The van der Waals surface area contributed by atoms with Gasteiger partial charge in [-0.1, -0.05) is 49.2 Å². The Morgan fingerprint density at radius 2 is 1.19 bits per heavy atom. The molecule has 80 valence electrons. The van der Waals surface area contributed by atoms with Gasteiger partial charge in [-0.3, -0.25) is 4.31 Å². The van der Waals surface area contributed by atoms with Gasteiger partial charge in [-0.25, -0.2) is 0 Å². The van der Waals surface area contributed by atoms with Crippen LogP contribution in [0.15, 0.2) is 48.5 Å². The van der Waals surface area contributed by atoms with E-state index in [1.807, 2.05) is 4.31 Å². The van der Waals surface area contributed by atoms with E-state index in [-0.39, 0.29) is 0 Å². The van der Waals surface area contributed by atoms with Crippen LogP contribution in [0.5, 0.6) is 0 Å². The van der Waals surface area contributed by atoms with Gasteiger partial charge < -0.3 is 0 Å². The summed E-state index contributed by atoms with van der Waals surface area (Å²) in [6.45, 7) is 0. The van der Waals surface area contributed by atoms with Crippen molar-refractivity contribution in [3.8, 4) is 0 Å². The fourth-order valence-corrected chi connectivity index (χ4v) is 2.65. The maximum absolute atomic E-state index is 4.62. The number of anilines is 2. The summed E-state index contributed by atoms with van der Waals surface area (Å²) in [5.41, 5.74) is 5.15. The maximum Gasteiger partial charge on any atom is 0.0555 e. The van der Waals surface area contributed by atoms with Crippen LogP contribution in [0.3, 0.4) is 0 Å². The molecule has 0 N–H and O–H groups in total. The summed E-state index contributed by atoms with van der Waals surface area (Å²) in [5, 5.41) is 0. The van der Waals surface area contributed by atoms with Crippen LogP contribution in [0.4, 0.5) is 11.4 Å². The predicted molar refractivity (Wildman–Crippen MR) is 71.4 cm³/mol. The van der Waals surface area contributed by atoms with Crippen LogP contribution in [-0.2, 0) is 12.8 Å². The van der Waals surface area contributed by atoms with E-state index in [0.717, 1.165) is 12.8 Å². The van der Waals surface area contributed by atoms with Crippen molar-refractivity contribution < 1.29 is 0 Å². The van der Waals surface area contributed by atoms with E-state index in [1.165, 1.54) is 22.5 Å². The highest BCUT2D eigenvalue weighted by atomic mass is 32.1. The average molecular weight is 227 g/mol. The summed E-state index contributed by atoms with van der Waals surface area (Å²) < 4.78 is 2.00. The van der Waals surface area contributed by atoms with Crippen molar-refractivity contribution in [1.82, 2.24) is 0 Å². The van der Waals surface area contributed by atoms with Gasteiger partial charge in [0.25, 0.3) is 0 Å². The highest BCUT2D eigenvalue weighted by Gasteiger charge is 2.16. The molecular weight excluding hydrogens is 214 g/mol. The van der Waals surface area contributed by atoms with Gasteiger partial charge in [0.2, 0.25) is 0 Å². The first-order valence-corrected chi connectivity index (χ1v) is 5.91. The van der Waals surface area contributed by atoms with E-state index in [9.17, 15) is 0 Å². The minimum Gasteiger partial charge on any atom is -0.287 e. The van der Waals surface area contributed by atoms with Crippen molar-refractivity contribution in [2.24, 2.45) is 0 Å². The van der Waals surface area contributed by atoms with Crippen molar-refractivity contribution in [3.63, 3.8) is 0 Å². The van der Waals surface area contributed by atoms with E-state index in [1.54, 1.807) is 0 Å². The molecule has 1 nitrogen and oxygen atoms in total. The number of rotatable bonds is 0. The summed E-state index contributed by atoms with van der Waals surface area (Å²) in [7, 11) is 0. The lowest BCUT2D eigenvalue weighted by molar-refractivity contribution is 0.977. The first kappa shape index (κ1) is 9.79. The van der Waals surface area contributed by atoms with E-state index in [4.69, 9.17) is 0 Å². The van der Waals surface area contributed by atoms with Crippen LogP contribution < -0.4 is 4.31 Å². The second-order valence-electron chi connectivity index (χ2n) is 4.07. The molecule has 0 atom stereocenters. The van der Waals surface area contributed by atoms with Crippen LogP contribution in [-0.4, -0.2) is 0 Å². The van der Waals surface area contributed by atoms with Crippen LogP contribution >= 0.6 is 12.8 Å². The van der Waals surface area contributed by atoms with Gasteiger partial charge in [0.1, 0.15) is 0 Å². The highest BCUT2D eigenvalue weighted by Crippen LogP contribution is 2.36. The molecule has 0 fully saturated rings. The van der Waals surface area contributed by atoms with Gasteiger partial charge in [0.15, 0.2) is 0 Å². The first-order valence-electron chi connectivity index (χ1n) is 5.51. The summed E-state index contributed by atoms with van der Waals surface area (Å²) in [6.07, 6.45) is 2.18. The van der Waals surface area contributed by atoms with Gasteiger partial charge in [0.05, 0.1) is 11.4 Å². The van der Waals surface area contributed by atoms with Crippen molar-refractivity contribution in [2.75, 3.05) is 4.31 Å². The van der Waals surface area contributed by atoms with Crippen LogP contribution in [0.25, 0.3) is 0 Å². The number of para-hydroxylation sites is 2. The van der Waals surface area contributed by atoms with E-state index in [0.29, 0.717) is 0 Å². The van der Waals surface area contributed by atoms with E-state index in [2.05, 4.69) is 61.3 Å². The normalized spacial score (nSPS) is 13.9. The lowest BCUT2D eigenvalue weighted by atomic mass is 10.0. The Morgan fingerprint density at radius 3 is 1.69 bits per heavy atom. The Labute approximate surface area is 101 Å². The molecule has 1 aliphatic heterocycles. The molecule has 16 heavy (non-hydrogen) atoms. The molecule has 2 heteroatoms. The Balaban J connectivity index is 2.18. The number of benzene rings is 2. The molecule has 0 radical (unpaired) electrons. The Hall–Kier alpha value is -1.41. The smallest absolute Gasteiger partial charge is 0.0555 e. The van der Waals surface area contributed by atoms with Crippen molar-refractivity contribution >= 4 is 24.2 Å². The summed E-state index contributed by atoms with van der Waals surface area (Å²) in [4.78, 5) is 0. The highest BCUT2D eigenvalue weighted by molar-refractivity contribution is 7.82. The maximum atomic E-state index is 4.62. The first-order chi connectivity index (χ1) is 7.86. The molecule has 2 aromatic rings. The molecule has 2 aromatic carbocycles. The molecule has 0 unspecified atom stereocenters. The molecular formula is C14H13NS. The van der Waals surface area contributed by atoms with Gasteiger partial charge in [0, 0.05) is 0 Å². The number of nitrogens with zero attached hydrogens (tertiary/aromatic N) is 1. The summed E-state index contributed by atoms with van der Waals surface area (Å²) in [5.74, 6) is 0. The lowest BCUT2D eigenvalue weighted by Crippen LogP contribution is -2.03. The number of thiol groups is 1. The van der Waals surface area contributed by atoms with Crippen molar-refractivity contribution in [2.45, 2.75) is 12.8 Å². The Kier molecular flexibility index (Phi) is 2.37. The molecule has 1 heterocycles. The number of aryl methyl sites for hydroxylation is 2. The quantitative estimate of drug-likeness (QED) is 0.670. The molecule has 0 spiro atoms. The second kappa shape index (κ2) is 3.87. The summed E-state index contributed by atoms with van der Waals surface area (Å²) in [6, 6.07) is 16.9. The van der Waals surface area contributed by atoms with Gasteiger partial charge in [-0.15, -0.1) is 0 Å². The minimum atomic E-state index is 1.09. The monoisotopic (exact) mass is 227 g/mol. The number of hydrogen-bond acceptors (Lipinski definition) is 2. The van der Waals surface area contributed by atoms with Crippen LogP contribution in [0, 0.1) is 0 Å². The predicted octanol–water partition coefficient (Wildman–Crippen LogP) is 3.77. The molecule has 0 bridgehead atoms. The fraction of sp³-hybridized carbons (Fsp3) is 0.143. The molecule has 0 aromatic heterocycles. The zero-order valence-electron chi connectivity index (χ0n) is 8.93. The van der Waals surface area contributed by atoms with Crippen LogP contribution in [0.2, 0.25) is 0 Å². The SMILES string of the molecule is SN1c2ccccc2CCc2ccccc21. The number of fused-ring (bicyclic) bond motifs is 2. The molecule has 0 aliphatic carbocycles. The molecule has 0 amide bonds. The van der Waals surface area contributed by atoms with E-state index >= 15 is 0 Å². The van der Waals surface area contributed by atoms with Gasteiger partial charge in [-0.05, 0) is 36.1 Å². The van der Waals surface area contributed by atoms with Crippen molar-refractivity contribution in [1.29, 1.82) is 0 Å². The van der Waals surface area contributed by atoms with E-state index < -0.39 is 0 Å². The third kappa shape index (κ3) is 1.50. The van der Waals surface area contributed by atoms with Gasteiger partial charge >= 0.3 is 0 Å². The Bertz CT molecular complexity index is 474. The second-order valence-corrected chi connectivity index (χ2v) is 4.47. The van der Waals surface area contributed by atoms with Crippen LogP contribution in [0.1, 0.15) is 11.1 Å². The standard InChI is InChI=1S/C14H13NS/c16-15-13-7-3-1-5-11(13)9-10-12-6-2-4-8-14(12)15/h1-8,16H,9-10H2. The molecule has 1 aliphatic rings. The van der Waals surface area contributed by atoms with Crippen molar-refractivity contribution in [3.05, 3.63) is 59.7 Å². The average Bonchev–Trinajstić information content (AvgIpc) is 2.49. The third-order valence-electron chi connectivity index (χ3n) is 3.10. The minimum absolute atomic E-state index is 1.09.